The molecule has 1 saturated heterocycles. The number of rotatable bonds is 5. The topological polar surface area (TPSA) is 73.2 Å². The maximum atomic E-state index is 12.9. The number of hydrogen-bond donors (Lipinski definition) is 1. The Morgan fingerprint density at radius 2 is 2.12 bits per heavy atom. The van der Waals surface area contributed by atoms with Crippen molar-refractivity contribution in [3.05, 3.63) is 63.3 Å². The number of nitrogens with one attached hydrogen (secondary N) is 1. The van der Waals surface area contributed by atoms with E-state index in [1.54, 1.807) is 23.9 Å². The van der Waals surface area contributed by atoms with E-state index in [-0.39, 0.29) is 23.1 Å². The average molecular weight is 341 g/mol. The van der Waals surface area contributed by atoms with Crippen LogP contribution in [0.15, 0.2) is 35.4 Å². The molecule has 1 amide bonds. The minimum Gasteiger partial charge on any atom is -0.376 e. The summed E-state index contributed by atoms with van der Waals surface area (Å²) in [7, 11) is 0. The highest BCUT2D eigenvalue weighted by Crippen LogP contribution is 2.15. The highest BCUT2D eigenvalue weighted by molar-refractivity contribution is 5.95. The summed E-state index contributed by atoms with van der Waals surface area (Å²) in [5.41, 5.74) is 2.44. The first-order valence-corrected chi connectivity index (χ1v) is 8.56. The van der Waals surface area contributed by atoms with Gasteiger partial charge in [0.05, 0.1) is 12.6 Å². The smallest absolute Gasteiger partial charge is 0.263 e. The van der Waals surface area contributed by atoms with Crippen molar-refractivity contribution >= 4 is 5.91 Å². The van der Waals surface area contributed by atoms with Gasteiger partial charge in [-0.15, -0.1) is 0 Å². The van der Waals surface area contributed by atoms with Gasteiger partial charge in [0.1, 0.15) is 5.56 Å². The van der Waals surface area contributed by atoms with Gasteiger partial charge in [-0.05, 0) is 56.0 Å². The zero-order valence-electron chi connectivity index (χ0n) is 14.6. The van der Waals surface area contributed by atoms with Crippen LogP contribution in [0.4, 0.5) is 0 Å². The van der Waals surface area contributed by atoms with Gasteiger partial charge in [-0.25, -0.2) is 0 Å². The standard InChI is InChI=1S/C19H23N3O3/c1-13-10-14(2)22(12-16-4-3-9-25-16)19(24)17(13)18(23)21-11-15-5-7-20-8-6-15/h5-8,10,16H,3-4,9,11-12H2,1-2H3,(H,21,23). The molecule has 1 N–H and O–H groups in total. The summed E-state index contributed by atoms with van der Waals surface area (Å²) < 4.78 is 7.29. The lowest BCUT2D eigenvalue weighted by atomic mass is 10.1. The first kappa shape index (κ1) is 17.4. The summed E-state index contributed by atoms with van der Waals surface area (Å²) in [5, 5.41) is 2.83. The zero-order chi connectivity index (χ0) is 17.8. The predicted octanol–water partition coefficient (Wildman–Crippen LogP) is 1.97. The monoisotopic (exact) mass is 341 g/mol. The summed E-state index contributed by atoms with van der Waals surface area (Å²) in [6.07, 6.45) is 5.36. The molecule has 0 aliphatic carbocycles. The fraction of sp³-hybridized carbons (Fsp3) is 0.421. The lowest BCUT2D eigenvalue weighted by molar-refractivity contribution is 0.0926. The van der Waals surface area contributed by atoms with Gasteiger partial charge in [-0.3, -0.25) is 14.6 Å². The molecule has 2 aromatic heterocycles. The van der Waals surface area contributed by atoms with Gasteiger partial charge in [0.25, 0.3) is 11.5 Å². The summed E-state index contributed by atoms with van der Waals surface area (Å²) >= 11 is 0. The fourth-order valence-electron chi connectivity index (χ4n) is 3.19. The van der Waals surface area contributed by atoms with Crippen molar-refractivity contribution in [3.8, 4) is 0 Å². The SMILES string of the molecule is Cc1cc(C)n(CC2CCCO2)c(=O)c1C(=O)NCc1ccncc1. The molecule has 2 aromatic rings. The molecule has 25 heavy (non-hydrogen) atoms. The van der Waals surface area contributed by atoms with Crippen molar-refractivity contribution < 1.29 is 9.53 Å². The summed E-state index contributed by atoms with van der Waals surface area (Å²) in [4.78, 5) is 29.4. The van der Waals surface area contributed by atoms with Crippen molar-refractivity contribution in [2.24, 2.45) is 0 Å². The molecule has 0 aromatic carbocycles. The number of amides is 1. The van der Waals surface area contributed by atoms with Crippen LogP contribution < -0.4 is 10.9 Å². The van der Waals surface area contributed by atoms with Gasteiger partial charge >= 0.3 is 0 Å². The third-order valence-corrected chi connectivity index (χ3v) is 4.54. The number of nitrogens with zero attached hydrogens (tertiary/aromatic N) is 2. The Balaban J connectivity index is 1.82. The van der Waals surface area contributed by atoms with Crippen LogP contribution in [-0.2, 0) is 17.8 Å². The molecule has 0 bridgehead atoms. The van der Waals surface area contributed by atoms with Crippen molar-refractivity contribution in [2.75, 3.05) is 6.61 Å². The number of carbonyl (C=O) groups excluding carboxylic acids is 1. The number of carbonyl (C=O) groups is 1. The van der Waals surface area contributed by atoms with Gasteiger partial charge < -0.3 is 14.6 Å². The highest BCUT2D eigenvalue weighted by atomic mass is 16.5. The molecule has 3 rings (SSSR count). The minimum atomic E-state index is -0.347. The quantitative estimate of drug-likeness (QED) is 0.902. The number of ether oxygens (including phenoxy) is 1. The second-order valence-electron chi connectivity index (χ2n) is 6.43. The predicted molar refractivity (Wildman–Crippen MR) is 94.6 cm³/mol. The molecule has 1 fully saturated rings. The molecule has 1 aliphatic heterocycles. The maximum absolute atomic E-state index is 12.9. The van der Waals surface area contributed by atoms with E-state index in [9.17, 15) is 9.59 Å². The van der Waals surface area contributed by atoms with Crippen LogP contribution in [0.3, 0.4) is 0 Å². The molecule has 6 heteroatoms. The third-order valence-electron chi connectivity index (χ3n) is 4.54. The Bertz CT molecular complexity index is 809. The van der Waals surface area contributed by atoms with Crippen LogP contribution in [0.5, 0.6) is 0 Å². The Morgan fingerprint density at radius 3 is 2.80 bits per heavy atom. The molecular formula is C19H23N3O3. The average Bonchev–Trinajstić information content (AvgIpc) is 3.11. The maximum Gasteiger partial charge on any atom is 0.263 e. The fourth-order valence-corrected chi connectivity index (χ4v) is 3.19. The number of pyridine rings is 2. The molecule has 0 spiro atoms. The van der Waals surface area contributed by atoms with E-state index in [4.69, 9.17) is 4.74 Å². The van der Waals surface area contributed by atoms with E-state index >= 15 is 0 Å². The number of aromatic nitrogens is 2. The Morgan fingerprint density at radius 1 is 1.36 bits per heavy atom. The first-order chi connectivity index (χ1) is 12.1. The summed E-state index contributed by atoms with van der Waals surface area (Å²) in [6.45, 7) is 5.28. The van der Waals surface area contributed by atoms with Crippen LogP contribution in [0.2, 0.25) is 0 Å². The van der Waals surface area contributed by atoms with Crippen molar-refractivity contribution in [1.29, 1.82) is 0 Å². The third kappa shape index (κ3) is 3.96. The second kappa shape index (κ2) is 7.61. The first-order valence-electron chi connectivity index (χ1n) is 8.56. The normalized spacial score (nSPS) is 16.8. The van der Waals surface area contributed by atoms with Gasteiger partial charge in [0.2, 0.25) is 0 Å². The molecule has 1 atom stereocenters. The van der Waals surface area contributed by atoms with E-state index in [0.29, 0.717) is 18.7 Å². The lowest BCUT2D eigenvalue weighted by Crippen LogP contribution is -2.36. The number of hydrogen-bond acceptors (Lipinski definition) is 4. The van der Waals surface area contributed by atoms with E-state index in [2.05, 4.69) is 10.3 Å². The molecule has 1 aliphatic rings. The largest absolute Gasteiger partial charge is 0.376 e. The van der Waals surface area contributed by atoms with Crippen LogP contribution in [0.25, 0.3) is 0 Å². The van der Waals surface area contributed by atoms with Gasteiger partial charge in [0.15, 0.2) is 0 Å². The molecule has 0 radical (unpaired) electrons. The minimum absolute atomic E-state index is 0.0480. The van der Waals surface area contributed by atoms with E-state index in [1.165, 1.54) is 0 Å². The van der Waals surface area contributed by atoms with Gasteiger partial charge in [0, 0.05) is 31.2 Å². The molecule has 0 saturated carbocycles. The Hall–Kier alpha value is -2.47. The Kier molecular flexibility index (Phi) is 5.28. The van der Waals surface area contributed by atoms with E-state index in [0.717, 1.165) is 30.7 Å². The summed E-state index contributed by atoms with van der Waals surface area (Å²) in [6, 6.07) is 5.55. The Labute approximate surface area is 146 Å². The molecule has 1 unspecified atom stereocenters. The number of aryl methyl sites for hydroxylation is 2. The van der Waals surface area contributed by atoms with Gasteiger partial charge in [-0.2, -0.15) is 0 Å². The van der Waals surface area contributed by atoms with Crippen molar-refractivity contribution in [1.82, 2.24) is 14.9 Å². The summed E-state index contributed by atoms with van der Waals surface area (Å²) in [5.74, 6) is -0.347. The van der Waals surface area contributed by atoms with Crippen LogP contribution in [-0.4, -0.2) is 28.2 Å². The molecule has 3 heterocycles. The van der Waals surface area contributed by atoms with Crippen LogP contribution in [0, 0.1) is 13.8 Å². The second-order valence-corrected chi connectivity index (χ2v) is 6.43. The van der Waals surface area contributed by atoms with Crippen LogP contribution in [0.1, 0.15) is 40.0 Å². The van der Waals surface area contributed by atoms with E-state index < -0.39 is 0 Å². The van der Waals surface area contributed by atoms with Gasteiger partial charge in [-0.1, -0.05) is 0 Å². The van der Waals surface area contributed by atoms with E-state index in [1.807, 2.05) is 25.1 Å². The molecule has 132 valence electrons. The highest BCUT2D eigenvalue weighted by Gasteiger charge is 2.21. The molecular weight excluding hydrogens is 318 g/mol. The molecule has 6 nitrogen and oxygen atoms in total. The van der Waals surface area contributed by atoms with Crippen molar-refractivity contribution in [3.63, 3.8) is 0 Å². The van der Waals surface area contributed by atoms with Crippen molar-refractivity contribution in [2.45, 2.75) is 45.9 Å². The lowest BCUT2D eigenvalue weighted by Gasteiger charge is -2.17. The zero-order valence-corrected chi connectivity index (χ0v) is 14.6. The van der Waals surface area contributed by atoms with Crippen LogP contribution >= 0.6 is 0 Å².